The Bertz CT molecular complexity index is 793. The first-order valence-electron chi connectivity index (χ1n) is 11.4. The molecule has 1 aromatic carbocycles. The molecule has 0 saturated carbocycles. The molecule has 0 aromatic heterocycles. The van der Waals surface area contributed by atoms with Crippen molar-refractivity contribution < 1.29 is 24.9 Å². The monoisotopic (exact) mass is 428 g/mol. The number of phenolic OH excluding ortho intramolecular Hbond substituents is 2. The van der Waals surface area contributed by atoms with Crippen LogP contribution in [-0.4, -0.2) is 26.9 Å². The molecule has 0 fully saturated rings. The van der Waals surface area contributed by atoms with Crippen molar-refractivity contribution in [3.05, 3.63) is 54.2 Å². The summed E-state index contributed by atoms with van der Waals surface area (Å²) in [5.74, 6) is -2.44. The molecular formula is C26H36O5. The Kier molecular flexibility index (Phi) is 10.4. The van der Waals surface area contributed by atoms with E-state index in [2.05, 4.69) is 43.4 Å². The summed E-state index contributed by atoms with van der Waals surface area (Å²) in [5.41, 5.74) is 0.0272. The van der Waals surface area contributed by atoms with E-state index in [0.29, 0.717) is 6.42 Å². The molecule has 5 nitrogen and oxygen atoms in total. The largest absolute Gasteiger partial charge is 0.508 e. The van der Waals surface area contributed by atoms with E-state index >= 15 is 0 Å². The molecular weight excluding hydrogens is 392 g/mol. The number of phenols is 2. The topological polar surface area (TPSA) is 87.0 Å². The third-order valence-electron chi connectivity index (χ3n) is 5.30. The summed E-state index contributed by atoms with van der Waals surface area (Å²) in [5, 5.41) is 30.1. The second kappa shape index (κ2) is 13.0. The highest BCUT2D eigenvalue weighted by Crippen LogP contribution is 2.41. The maximum atomic E-state index is 12.3. The van der Waals surface area contributed by atoms with Gasteiger partial charge in [-0.2, -0.15) is 0 Å². The lowest BCUT2D eigenvalue weighted by molar-refractivity contribution is -0.145. The zero-order valence-electron chi connectivity index (χ0n) is 18.6. The van der Waals surface area contributed by atoms with Crippen LogP contribution in [0.3, 0.4) is 0 Å². The lowest BCUT2D eigenvalue weighted by Gasteiger charge is -2.33. The number of rotatable bonds is 13. The molecule has 1 aliphatic heterocycles. The van der Waals surface area contributed by atoms with E-state index in [9.17, 15) is 20.1 Å². The van der Waals surface area contributed by atoms with Crippen LogP contribution in [0.15, 0.2) is 48.6 Å². The summed E-state index contributed by atoms with van der Waals surface area (Å²) in [7, 11) is 0. The zero-order chi connectivity index (χ0) is 22.5. The summed E-state index contributed by atoms with van der Waals surface area (Å²) < 4.78 is 5.57. The van der Waals surface area contributed by atoms with Crippen molar-refractivity contribution in [1.82, 2.24) is 0 Å². The van der Waals surface area contributed by atoms with Crippen LogP contribution >= 0.6 is 0 Å². The number of unbranched alkanes of at least 4 members (excludes halogenated alkanes) is 5. The molecule has 170 valence electrons. The zero-order valence-corrected chi connectivity index (χ0v) is 18.6. The van der Waals surface area contributed by atoms with Crippen molar-refractivity contribution in [1.29, 1.82) is 0 Å². The van der Waals surface area contributed by atoms with E-state index in [0.717, 1.165) is 63.9 Å². The molecule has 1 heterocycles. The van der Waals surface area contributed by atoms with Gasteiger partial charge in [0.25, 0.3) is 0 Å². The van der Waals surface area contributed by atoms with Gasteiger partial charge in [-0.05, 0) is 38.5 Å². The molecule has 0 spiro atoms. The molecule has 1 unspecified atom stereocenters. The molecule has 0 amide bonds. The van der Waals surface area contributed by atoms with Gasteiger partial charge in [-0.15, -0.1) is 0 Å². The van der Waals surface area contributed by atoms with Crippen molar-refractivity contribution in [2.24, 2.45) is 0 Å². The van der Waals surface area contributed by atoms with Gasteiger partial charge in [-0.3, -0.25) is 4.79 Å². The van der Waals surface area contributed by atoms with E-state index in [-0.39, 0.29) is 35.0 Å². The van der Waals surface area contributed by atoms with Gasteiger partial charge in [-0.1, -0.05) is 62.6 Å². The quantitative estimate of drug-likeness (QED) is 0.252. The fraction of sp³-hybridized carbons (Fsp3) is 0.500. The molecule has 0 bridgehead atoms. The summed E-state index contributed by atoms with van der Waals surface area (Å²) >= 11 is 0. The molecule has 31 heavy (non-hydrogen) atoms. The van der Waals surface area contributed by atoms with Gasteiger partial charge in [0, 0.05) is 18.6 Å². The first-order valence-corrected chi connectivity index (χ1v) is 11.4. The normalized spacial score (nSPS) is 18.8. The van der Waals surface area contributed by atoms with Crippen LogP contribution in [0.1, 0.15) is 87.9 Å². The van der Waals surface area contributed by atoms with Gasteiger partial charge in [0.15, 0.2) is 5.78 Å². The number of hydrogen-bond acceptors (Lipinski definition) is 5. The molecule has 1 atom stereocenters. The lowest BCUT2D eigenvalue weighted by Crippen LogP contribution is -2.41. The smallest absolute Gasteiger partial charge is 0.215 e. The van der Waals surface area contributed by atoms with E-state index in [4.69, 9.17) is 4.74 Å². The third kappa shape index (κ3) is 8.62. The average molecular weight is 429 g/mol. The van der Waals surface area contributed by atoms with Crippen LogP contribution in [0.4, 0.5) is 0 Å². The second-order valence-electron chi connectivity index (χ2n) is 8.09. The number of aromatic hydroxyl groups is 2. The maximum absolute atomic E-state index is 12.3. The number of aliphatic hydroxyl groups is 1. The number of hydrogen-bond donors (Lipinski definition) is 3. The molecule has 0 aliphatic carbocycles. The van der Waals surface area contributed by atoms with Crippen LogP contribution in [0.5, 0.6) is 17.2 Å². The molecule has 0 saturated heterocycles. The van der Waals surface area contributed by atoms with Crippen LogP contribution < -0.4 is 4.74 Å². The van der Waals surface area contributed by atoms with Crippen molar-refractivity contribution in [2.75, 3.05) is 0 Å². The Morgan fingerprint density at radius 1 is 0.935 bits per heavy atom. The minimum absolute atomic E-state index is 0.0272. The predicted octanol–water partition coefficient (Wildman–Crippen LogP) is 6.34. The summed E-state index contributed by atoms with van der Waals surface area (Å²) in [6, 6.07) is 2.35. The summed E-state index contributed by atoms with van der Waals surface area (Å²) in [4.78, 5) is 12.3. The van der Waals surface area contributed by atoms with Crippen LogP contribution in [0, 0.1) is 0 Å². The van der Waals surface area contributed by atoms with Crippen molar-refractivity contribution >= 4 is 5.78 Å². The number of benzene rings is 1. The van der Waals surface area contributed by atoms with E-state index in [1.165, 1.54) is 6.07 Å². The van der Waals surface area contributed by atoms with Crippen LogP contribution in [0.25, 0.3) is 0 Å². The van der Waals surface area contributed by atoms with Gasteiger partial charge < -0.3 is 20.1 Å². The first kappa shape index (κ1) is 24.7. The molecule has 1 aromatic rings. The van der Waals surface area contributed by atoms with E-state index < -0.39 is 5.79 Å². The number of ether oxygens (including phenoxy) is 1. The van der Waals surface area contributed by atoms with Gasteiger partial charge in [-0.25, -0.2) is 0 Å². The van der Waals surface area contributed by atoms with Crippen LogP contribution in [0.2, 0.25) is 0 Å². The number of allylic oxidation sites excluding steroid dienone is 6. The number of carbonyl (C=O) groups is 1. The highest BCUT2D eigenvalue weighted by Gasteiger charge is 2.39. The van der Waals surface area contributed by atoms with E-state index in [1.807, 2.05) is 0 Å². The number of fused-ring (bicyclic) bond motifs is 1. The Morgan fingerprint density at radius 2 is 1.58 bits per heavy atom. The summed E-state index contributed by atoms with van der Waals surface area (Å²) in [6.07, 6.45) is 22.6. The van der Waals surface area contributed by atoms with Crippen molar-refractivity contribution in [3.63, 3.8) is 0 Å². The van der Waals surface area contributed by atoms with Gasteiger partial charge in [0.1, 0.15) is 22.8 Å². The maximum Gasteiger partial charge on any atom is 0.215 e. The number of carbonyl (C=O) groups excluding carboxylic acids is 1. The minimum atomic E-state index is -1.58. The minimum Gasteiger partial charge on any atom is -0.508 e. The molecule has 2 rings (SSSR count). The molecule has 1 aliphatic rings. The molecule has 3 N–H and O–H groups in total. The Labute approximate surface area is 185 Å². The highest BCUT2D eigenvalue weighted by atomic mass is 16.6. The van der Waals surface area contributed by atoms with Crippen LogP contribution in [-0.2, 0) is 0 Å². The second-order valence-corrected chi connectivity index (χ2v) is 8.09. The fourth-order valence-electron chi connectivity index (χ4n) is 3.69. The lowest BCUT2D eigenvalue weighted by atomic mass is 9.93. The SMILES string of the molecule is CC/C=C\C/C=C\C/C=C\CCCCCCCC1(O)CC(=O)c2c(O)cc(O)cc2O1. The predicted molar refractivity (Wildman–Crippen MR) is 124 cm³/mol. The molecule has 5 heteroatoms. The Morgan fingerprint density at radius 3 is 2.32 bits per heavy atom. The number of Topliss-reactive ketones (excluding diaryl/α,β-unsaturated/α-hetero) is 1. The Hall–Kier alpha value is -2.53. The van der Waals surface area contributed by atoms with Gasteiger partial charge in [0.2, 0.25) is 5.79 Å². The fourth-order valence-corrected chi connectivity index (χ4v) is 3.69. The average Bonchev–Trinajstić information content (AvgIpc) is 2.69. The first-order chi connectivity index (χ1) is 14.9. The summed E-state index contributed by atoms with van der Waals surface area (Å²) in [6.45, 7) is 2.14. The highest BCUT2D eigenvalue weighted by molar-refractivity contribution is 6.02. The molecule has 0 radical (unpaired) electrons. The van der Waals surface area contributed by atoms with E-state index in [1.54, 1.807) is 0 Å². The number of ketones is 1. The Balaban J connectivity index is 1.58. The van der Waals surface area contributed by atoms with Gasteiger partial charge in [0.05, 0.1) is 6.42 Å². The standard InChI is InChI=1S/C26H36O5/c1-2-3-4-5-6-7-8-9-10-11-12-13-14-15-16-17-26(30)20-23(29)25-22(28)18-21(27)19-24(25)31-26/h3-4,6-7,9-10,18-19,27-28,30H,2,5,8,11-17,20H2,1H3/b4-3-,7-6-,10-9-. The van der Waals surface area contributed by atoms with Gasteiger partial charge >= 0.3 is 0 Å². The van der Waals surface area contributed by atoms with Crippen molar-refractivity contribution in [3.8, 4) is 17.2 Å². The third-order valence-corrected chi connectivity index (χ3v) is 5.30. The van der Waals surface area contributed by atoms with Crippen molar-refractivity contribution in [2.45, 2.75) is 83.3 Å².